The molecule has 0 radical (unpaired) electrons. The summed E-state index contributed by atoms with van der Waals surface area (Å²) < 4.78 is 5.43. The number of nitrogens with one attached hydrogen (secondary N) is 1. The van der Waals surface area contributed by atoms with Gasteiger partial charge in [-0.3, -0.25) is 0 Å². The van der Waals surface area contributed by atoms with E-state index in [1.165, 1.54) is 5.56 Å². The molecule has 0 aliphatic carbocycles. The largest absolute Gasteiger partial charge is 0.490 e. The Labute approximate surface area is 116 Å². The Morgan fingerprint density at radius 1 is 1.32 bits per heavy atom. The molecule has 1 rings (SSSR count). The van der Waals surface area contributed by atoms with Crippen LogP contribution < -0.4 is 10.1 Å². The Kier molecular flexibility index (Phi) is 6.60. The van der Waals surface area contributed by atoms with Gasteiger partial charge in [0.25, 0.3) is 0 Å². The number of aliphatic hydroxyl groups is 1. The van der Waals surface area contributed by atoms with Crippen molar-refractivity contribution in [2.24, 2.45) is 5.41 Å². The van der Waals surface area contributed by atoms with Gasteiger partial charge in [0.1, 0.15) is 12.4 Å². The third kappa shape index (κ3) is 6.41. The molecule has 0 aromatic heterocycles. The molecule has 0 fully saturated rings. The van der Waals surface area contributed by atoms with Gasteiger partial charge in [-0.1, -0.05) is 38.6 Å². The quantitative estimate of drug-likeness (QED) is 0.673. The molecular formula is C16H25NO2. The molecule has 0 spiro atoms. The molecule has 1 aromatic rings. The van der Waals surface area contributed by atoms with E-state index in [-0.39, 0.29) is 12.0 Å². The average Bonchev–Trinajstić information content (AvgIpc) is 2.37. The van der Waals surface area contributed by atoms with Crippen LogP contribution in [0.4, 0.5) is 0 Å². The van der Waals surface area contributed by atoms with Crippen molar-refractivity contribution in [2.75, 3.05) is 19.8 Å². The van der Waals surface area contributed by atoms with Crippen molar-refractivity contribution in [3.63, 3.8) is 0 Å². The number of hydrogen-bond acceptors (Lipinski definition) is 3. The maximum absolute atomic E-state index is 8.97. The fourth-order valence-electron chi connectivity index (χ4n) is 1.79. The number of ether oxygens (including phenoxy) is 1. The van der Waals surface area contributed by atoms with Crippen molar-refractivity contribution in [3.8, 4) is 5.75 Å². The second-order valence-electron chi connectivity index (χ2n) is 5.49. The fourth-order valence-corrected chi connectivity index (χ4v) is 1.79. The molecule has 0 atom stereocenters. The normalized spacial score (nSPS) is 11.3. The van der Waals surface area contributed by atoms with Gasteiger partial charge in [0.15, 0.2) is 0 Å². The minimum Gasteiger partial charge on any atom is -0.490 e. The molecule has 0 unspecified atom stereocenters. The zero-order valence-corrected chi connectivity index (χ0v) is 12.0. The van der Waals surface area contributed by atoms with E-state index in [1.807, 2.05) is 12.1 Å². The summed E-state index contributed by atoms with van der Waals surface area (Å²) in [6, 6.07) is 8.06. The van der Waals surface area contributed by atoms with Crippen LogP contribution in [0, 0.1) is 5.41 Å². The van der Waals surface area contributed by atoms with Gasteiger partial charge in [-0.25, -0.2) is 0 Å². The Hall–Kier alpha value is -1.32. The summed E-state index contributed by atoms with van der Waals surface area (Å²) in [5.41, 5.74) is 1.35. The van der Waals surface area contributed by atoms with Gasteiger partial charge in [0, 0.05) is 19.7 Å². The van der Waals surface area contributed by atoms with Crippen LogP contribution in [0.1, 0.15) is 25.8 Å². The first-order valence-electron chi connectivity index (χ1n) is 6.71. The molecule has 3 nitrogen and oxygen atoms in total. The average molecular weight is 263 g/mol. The lowest BCUT2D eigenvalue weighted by Gasteiger charge is -2.24. The fraction of sp³-hybridized carbons (Fsp3) is 0.500. The summed E-state index contributed by atoms with van der Waals surface area (Å²) in [5.74, 6) is 0.865. The molecular weight excluding hydrogens is 238 g/mol. The Bertz CT molecular complexity index is 371. The van der Waals surface area contributed by atoms with E-state index in [0.29, 0.717) is 6.61 Å². The molecule has 2 N–H and O–H groups in total. The Balaban J connectivity index is 2.35. The summed E-state index contributed by atoms with van der Waals surface area (Å²) in [7, 11) is 0. The highest BCUT2D eigenvalue weighted by molar-refractivity contribution is 5.27. The molecule has 0 aliphatic rings. The summed E-state index contributed by atoms with van der Waals surface area (Å²) in [6.07, 6.45) is 2.55. The smallest absolute Gasteiger partial charge is 0.119 e. The molecule has 0 saturated carbocycles. The first-order chi connectivity index (χ1) is 9.07. The third-order valence-electron chi connectivity index (χ3n) is 3.01. The van der Waals surface area contributed by atoms with E-state index >= 15 is 0 Å². The van der Waals surface area contributed by atoms with Crippen molar-refractivity contribution in [2.45, 2.75) is 26.8 Å². The second kappa shape index (κ2) is 7.97. The minimum atomic E-state index is 0.127. The van der Waals surface area contributed by atoms with E-state index in [9.17, 15) is 0 Å². The van der Waals surface area contributed by atoms with Gasteiger partial charge in [-0.05, 0) is 29.5 Å². The van der Waals surface area contributed by atoms with Crippen molar-refractivity contribution in [1.82, 2.24) is 5.32 Å². The predicted molar refractivity (Wildman–Crippen MR) is 79.3 cm³/mol. The zero-order valence-electron chi connectivity index (χ0n) is 12.0. The van der Waals surface area contributed by atoms with Crippen LogP contribution >= 0.6 is 0 Å². The summed E-state index contributed by atoms with van der Waals surface area (Å²) in [4.78, 5) is 0. The molecule has 106 valence electrons. The highest BCUT2D eigenvalue weighted by atomic mass is 16.5. The lowest BCUT2D eigenvalue weighted by molar-refractivity contribution is 0.207. The van der Waals surface area contributed by atoms with E-state index in [0.717, 1.165) is 25.3 Å². The van der Waals surface area contributed by atoms with Crippen LogP contribution in [0.5, 0.6) is 5.75 Å². The first-order valence-corrected chi connectivity index (χ1v) is 6.71. The van der Waals surface area contributed by atoms with Crippen LogP contribution in [-0.2, 0) is 6.54 Å². The lowest BCUT2D eigenvalue weighted by atomic mass is 9.90. The summed E-state index contributed by atoms with van der Waals surface area (Å²) in [5, 5.41) is 12.4. The van der Waals surface area contributed by atoms with Gasteiger partial charge in [0.05, 0.1) is 0 Å². The SMILES string of the molecule is C=CCOc1ccc(CNCC(C)(C)CCO)cc1. The van der Waals surface area contributed by atoms with E-state index in [2.05, 4.69) is 37.9 Å². The lowest BCUT2D eigenvalue weighted by Crippen LogP contribution is -2.29. The van der Waals surface area contributed by atoms with Crippen molar-refractivity contribution in [1.29, 1.82) is 0 Å². The Morgan fingerprint density at radius 2 is 2.00 bits per heavy atom. The minimum absolute atomic E-state index is 0.127. The summed E-state index contributed by atoms with van der Waals surface area (Å²) >= 11 is 0. The molecule has 0 amide bonds. The van der Waals surface area contributed by atoms with Crippen molar-refractivity contribution >= 4 is 0 Å². The van der Waals surface area contributed by atoms with Crippen LogP contribution in [0.2, 0.25) is 0 Å². The molecule has 0 saturated heterocycles. The number of benzene rings is 1. The zero-order chi connectivity index (χ0) is 14.1. The molecule has 0 bridgehead atoms. The van der Waals surface area contributed by atoms with Crippen LogP contribution in [-0.4, -0.2) is 24.9 Å². The summed E-state index contributed by atoms with van der Waals surface area (Å²) in [6.45, 7) is 10.4. The van der Waals surface area contributed by atoms with Crippen LogP contribution in [0.15, 0.2) is 36.9 Å². The van der Waals surface area contributed by atoms with Crippen LogP contribution in [0.25, 0.3) is 0 Å². The van der Waals surface area contributed by atoms with Gasteiger partial charge in [0.2, 0.25) is 0 Å². The number of rotatable bonds is 9. The van der Waals surface area contributed by atoms with E-state index < -0.39 is 0 Å². The second-order valence-corrected chi connectivity index (χ2v) is 5.49. The van der Waals surface area contributed by atoms with Gasteiger partial charge in [-0.2, -0.15) is 0 Å². The Morgan fingerprint density at radius 3 is 2.58 bits per heavy atom. The molecule has 19 heavy (non-hydrogen) atoms. The number of aliphatic hydroxyl groups excluding tert-OH is 1. The third-order valence-corrected chi connectivity index (χ3v) is 3.01. The highest BCUT2D eigenvalue weighted by Crippen LogP contribution is 2.18. The molecule has 0 aliphatic heterocycles. The van der Waals surface area contributed by atoms with Gasteiger partial charge in [-0.15, -0.1) is 0 Å². The molecule has 0 heterocycles. The predicted octanol–water partition coefficient (Wildman–Crippen LogP) is 2.75. The molecule has 1 aromatic carbocycles. The van der Waals surface area contributed by atoms with Gasteiger partial charge < -0.3 is 15.2 Å². The highest BCUT2D eigenvalue weighted by Gasteiger charge is 2.16. The number of hydrogen-bond donors (Lipinski definition) is 2. The first kappa shape index (κ1) is 15.7. The van der Waals surface area contributed by atoms with E-state index in [1.54, 1.807) is 6.08 Å². The maximum Gasteiger partial charge on any atom is 0.119 e. The van der Waals surface area contributed by atoms with Gasteiger partial charge >= 0.3 is 0 Å². The monoisotopic (exact) mass is 263 g/mol. The van der Waals surface area contributed by atoms with E-state index in [4.69, 9.17) is 9.84 Å². The topological polar surface area (TPSA) is 41.5 Å². The van der Waals surface area contributed by atoms with Crippen LogP contribution in [0.3, 0.4) is 0 Å². The van der Waals surface area contributed by atoms with Crippen molar-refractivity contribution < 1.29 is 9.84 Å². The van der Waals surface area contributed by atoms with Crippen molar-refractivity contribution in [3.05, 3.63) is 42.5 Å². The standard InChI is InChI=1S/C16H25NO2/c1-4-11-19-15-7-5-14(6-8-15)12-17-13-16(2,3)9-10-18/h4-8,17-18H,1,9-13H2,2-3H3. The molecule has 3 heteroatoms. The maximum atomic E-state index is 8.97.